The number of carbonyl (C=O) groups excluding carboxylic acids is 2. The zero-order valence-corrected chi connectivity index (χ0v) is 14.4. The van der Waals surface area contributed by atoms with E-state index in [4.69, 9.17) is 9.15 Å². The summed E-state index contributed by atoms with van der Waals surface area (Å²) < 4.78 is 10.5. The molecule has 0 saturated carbocycles. The van der Waals surface area contributed by atoms with Crippen LogP contribution in [0.25, 0.3) is 0 Å². The number of amides is 2. The van der Waals surface area contributed by atoms with Crippen LogP contribution in [0.1, 0.15) is 26.5 Å². The number of rotatable bonds is 7. The molecule has 0 atom stereocenters. The number of pyridine rings is 1. The highest BCUT2D eigenvalue weighted by Gasteiger charge is 2.13. The fourth-order valence-electron chi connectivity index (χ4n) is 2.63. The number of aromatic nitrogens is 1. The van der Waals surface area contributed by atoms with Gasteiger partial charge in [-0.15, -0.1) is 0 Å². The second-order valence-electron chi connectivity index (χ2n) is 5.93. The fraction of sp³-hybridized carbons (Fsp3) is 0.389. The molecule has 0 bridgehead atoms. The van der Waals surface area contributed by atoms with Crippen molar-refractivity contribution in [3.05, 3.63) is 53.7 Å². The second-order valence-corrected chi connectivity index (χ2v) is 5.93. The van der Waals surface area contributed by atoms with Gasteiger partial charge in [0.15, 0.2) is 0 Å². The molecule has 0 unspecified atom stereocenters. The summed E-state index contributed by atoms with van der Waals surface area (Å²) in [6.45, 7) is 4.80. The third-order valence-electron chi connectivity index (χ3n) is 4.08. The summed E-state index contributed by atoms with van der Waals surface area (Å²) in [4.78, 5) is 30.7. The predicted molar refractivity (Wildman–Crippen MR) is 93.7 cm³/mol. The van der Waals surface area contributed by atoms with Gasteiger partial charge in [-0.3, -0.25) is 19.5 Å². The smallest absolute Gasteiger partial charge is 0.253 e. The summed E-state index contributed by atoms with van der Waals surface area (Å²) in [6, 6.07) is 5.07. The Morgan fingerprint density at radius 1 is 1.12 bits per heavy atom. The normalized spacial score (nSPS) is 14.8. The SMILES string of the molecule is O=C(NCCN1CCOCC1)c1cncc(C(=O)NCc2ccco2)c1. The first-order chi connectivity index (χ1) is 12.7. The van der Waals surface area contributed by atoms with Gasteiger partial charge in [0.1, 0.15) is 5.76 Å². The number of furan rings is 1. The fourth-order valence-corrected chi connectivity index (χ4v) is 2.63. The van der Waals surface area contributed by atoms with Crippen LogP contribution < -0.4 is 10.6 Å². The highest BCUT2D eigenvalue weighted by Crippen LogP contribution is 2.05. The topological polar surface area (TPSA) is 96.7 Å². The molecular formula is C18H22N4O4. The quantitative estimate of drug-likeness (QED) is 0.755. The van der Waals surface area contributed by atoms with E-state index in [2.05, 4.69) is 20.5 Å². The minimum absolute atomic E-state index is 0.244. The van der Waals surface area contributed by atoms with Gasteiger partial charge in [0.25, 0.3) is 11.8 Å². The highest BCUT2D eigenvalue weighted by atomic mass is 16.5. The summed E-state index contributed by atoms with van der Waals surface area (Å²) in [5, 5.41) is 5.59. The van der Waals surface area contributed by atoms with Crippen LogP contribution in [0.3, 0.4) is 0 Å². The average molecular weight is 358 g/mol. The highest BCUT2D eigenvalue weighted by molar-refractivity contribution is 5.99. The molecule has 1 saturated heterocycles. The van der Waals surface area contributed by atoms with Crippen LogP contribution in [0.2, 0.25) is 0 Å². The maximum Gasteiger partial charge on any atom is 0.253 e. The first-order valence-corrected chi connectivity index (χ1v) is 8.56. The molecule has 8 heteroatoms. The van der Waals surface area contributed by atoms with Crippen LogP contribution in [-0.4, -0.2) is 61.1 Å². The van der Waals surface area contributed by atoms with Gasteiger partial charge in [-0.2, -0.15) is 0 Å². The molecule has 1 fully saturated rings. The third-order valence-corrected chi connectivity index (χ3v) is 4.08. The Morgan fingerprint density at radius 3 is 2.54 bits per heavy atom. The number of morpholine rings is 1. The van der Waals surface area contributed by atoms with Crippen LogP contribution in [0.15, 0.2) is 41.3 Å². The monoisotopic (exact) mass is 358 g/mol. The molecule has 3 heterocycles. The molecule has 26 heavy (non-hydrogen) atoms. The molecule has 3 rings (SSSR count). The molecule has 2 amide bonds. The van der Waals surface area contributed by atoms with Gasteiger partial charge in [-0.05, 0) is 18.2 Å². The van der Waals surface area contributed by atoms with E-state index >= 15 is 0 Å². The van der Waals surface area contributed by atoms with Crippen LogP contribution in [0.5, 0.6) is 0 Å². The molecule has 1 aliphatic heterocycles. The van der Waals surface area contributed by atoms with Gasteiger partial charge >= 0.3 is 0 Å². The van der Waals surface area contributed by atoms with E-state index in [0.29, 0.717) is 23.4 Å². The van der Waals surface area contributed by atoms with Gasteiger partial charge in [0, 0.05) is 38.6 Å². The molecule has 0 aromatic carbocycles. The van der Waals surface area contributed by atoms with Gasteiger partial charge < -0.3 is 19.8 Å². The predicted octanol–water partition coefficient (Wildman–Crippen LogP) is 0.667. The maximum absolute atomic E-state index is 12.3. The molecule has 1 aliphatic rings. The maximum atomic E-state index is 12.3. The Kier molecular flexibility index (Phi) is 6.34. The molecule has 2 N–H and O–H groups in total. The zero-order valence-electron chi connectivity index (χ0n) is 14.4. The van der Waals surface area contributed by atoms with Crippen molar-refractivity contribution in [3.63, 3.8) is 0 Å². The number of nitrogens with one attached hydrogen (secondary N) is 2. The summed E-state index contributed by atoms with van der Waals surface area (Å²) in [6.07, 6.45) is 4.43. The first kappa shape index (κ1) is 18.1. The van der Waals surface area contributed by atoms with E-state index in [9.17, 15) is 9.59 Å². The Morgan fingerprint density at radius 2 is 1.85 bits per heavy atom. The van der Waals surface area contributed by atoms with E-state index in [-0.39, 0.29) is 18.4 Å². The molecule has 138 valence electrons. The lowest BCUT2D eigenvalue weighted by Crippen LogP contribution is -2.41. The van der Waals surface area contributed by atoms with Crippen molar-refractivity contribution >= 4 is 11.8 Å². The van der Waals surface area contributed by atoms with Crippen molar-refractivity contribution in [1.82, 2.24) is 20.5 Å². The Balaban J connectivity index is 1.49. The number of nitrogens with zero attached hydrogens (tertiary/aromatic N) is 2. The Hall–Kier alpha value is -2.71. The standard InChI is InChI=1S/C18H22N4O4/c23-17(20-3-4-22-5-8-25-9-6-22)14-10-15(12-19-11-14)18(24)21-13-16-2-1-7-26-16/h1-2,7,10-12H,3-6,8-9,13H2,(H,20,23)(H,21,24). The van der Waals surface area contributed by atoms with Crippen LogP contribution in [0, 0.1) is 0 Å². The minimum atomic E-state index is -0.308. The molecule has 2 aromatic rings. The van der Waals surface area contributed by atoms with E-state index in [0.717, 1.165) is 32.8 Å². The molecule has 0 radical (unpaired) electrons. The lowest BCUT2D eigenvalue weighted by atomic mass is 10.2. The van der Waals surface area contributed by atoms with Crippen molar-refractivity contribution < 1.29 is 18.7 Å². The van der Waals surface area contributed by atoms with Crippen molar-refractivity contribution in [1.29, 1.82) is 0 Å². The van der Waals surface area contributed by atoms with Crippen LogP contribution in [0.4, 0.5) is 0 Å². The molecule has 0 aliphatic carbocycles. The number of carbonyl (C=O) groups is 2. The van der Waals surface area contributed by atoms with Crippen molar-refractivity contribution in [2.45, 2.75) is 6.54 Å². The van der Waals surface area contributed by atoms with E-state index < -0.39 is 0 Å². The minimum Gasteiger partial charge on any atom is -0.467 e. The number of hydrogen-bond donors (Lipinski definition) is 2. The Bertz CT molecular complexity index is 727. The van der Waals surface area contributed by atoms with Gasteiger partial charge in [-0.25, -0.2) is 0 Å². The molecular weight excluding hydrogens is 336 g/mol. The first-order valence-electron chi connectivity index (χ1n) is 8.56. The van der Waals surface area contributed by atoms with Crippen LogP contribution in [-0.2, 0) is 11.3 Å². The summed E-state index contributed by atoms with van der Waals surface area (Å²) in [5.74, 6) is 0.103. The van der Waals surface area contributed by atoms with E-state index in [1.54, 1.807) is 18.4 Å². The number of ether oxygens (including phenoxy) is 1. The lowest BCUT2D eigenvalue weighted by molar-refractivity contribution is 0.0383. The van der Waals surface area contributed by atoms with Gasteiger partial charge in [0.05, 0.1) is 37.1 Å². The Labute approximate surface area is 151 Å². The molecule has 2 aromatic heterocycles. The second kappa shape index (κ2) is 9.12. The zero-order chi connectivity index (χ0) is 18.2. The average Bonchev–Trinajstić information content (AvgIpc) is 3.20. The largest absolute Gasteiger partial charge is 0.467 e. The van der Waals surface area contributed by atoms with Gasteiger partial charge in [0.2, 0.25) is 0 Å². The van der Waals surface area contributed by atoms with Crippen molar-refractivity contribution in [2.75, 3.05) is 39.4 Å². The summed E-state index contributed by atoms with van der Waals surface area (Å²) >= 11 is 0. The number of hydrogen-bond acceptors (Lipinski definition) is 6. The summed E-state index contributed by atoms with van der Waals surface area (Å²) in [7, 11) is 0. The summed E-state index contributed by atoms with van der Waals surface area (Å²) in [5.41, 5.74) is 0.690. The molecule has 0 spiro atoms. The van der Waals surface area contributed by atoms with E-state index in [1.165, 1.54) is 18.5 Å². The van der Waals surface area contributed by atoms with Gasteiger partial charge in [-0.1, -0.05) is 0 Å². The van der Waals surface area contributed by atoms with Crippen molar-refractivity contribution in [3.8, 4) is 0 Å². The van der Waals surface area contributed by atoms with Crippen molar-refractivity contribution in [2.24, 2.45) is 0 Å². The van der Waals surface area contributed by atoms with E-state index in [1.807, 2.05) is 0 Å². The van der Waals surface area contributed by atoms with Crippen LogP contribution >= 0.6 is 0 Å². The lowest BCUT2D eigenvalue weighted by Gasteiger charge is -2.26. The molecule has 8 nitrogen and oxygen atoms in total. The third kappa shape index (κ3) is 5.14.